The molecule has 66 valence electrons. The van der Waals surface area contributed by atoms with Crippen molar-refractivity contribution < 1.29 is 8.42 Å². The van der Waals surface area contributed by atoms with Crippen LogP contribution in [0.1, 0.15) is 0 Å². The van der Waals surface area contributed by atoms with Gasteiger partial charge in [-0.15, -0.1) is 0 Å². The van der Waals surface area contributed by atoms with E-state index in [1.807, 2.05) is 4.72 Å². The third-order valence-electron chi connectivity index (χ3n) is 0.987. The van der Waals surface area contributed by atoms with Crippen molar-refractivity contribution in [3.8, 4) is 0 Å². The van der Waals surface area contributed by atoms with Crippen LogP contribution in [0.2, 0.25) is 5.15 Å². The van der Waals surface area contributed by atoms with Gasteiger partial charge in [0.2, 0.25) is 0 Å². The van der Waals surface area contributed by atoms with Crippen molar-refractivity contribution in [1.82, 2.24) is 4.98 Å². The van der Waals surface area contributed by atoms with Crippen molar-refractivity contribution in [2.45, 2.75) is 0 Å². The molecule has 1 aromatic rings. The molecule has 1 aromatic heterocycles. The molecule has 12 heavy (non-hydrogen) atoms. The zero-order valence-corrected chi connectivity index (χ0v) is 7.43. The summed E-state index contributed by atoms with van der Waals surface area (Å²) in [6.07, 6.45) is 1.27. The van der Waals surface area contributed by atoms with Crippen LogP contribution < -0.4 is 9.86 Å². The minimum absolute atomic E-state index is 0.280. The Bertz CT molecular complexity index is 361. The number of hydrogen-bond acceptors (Lipinski definition) is 3. The van der Waals surface area contributed by atoms with Crippen LogP contribution in [0.5, 0.6) is 0 Å². The average molecular weight is 208 g/mol. The van der Waals surface area contributed by atoms with Gasteiger partial charge in [0.05, 0.1) is 11.9 Å². The maximum atomic E-state index is 10.5. The fourth-order valence-electron chi connectivity index (χ4n) is 0.600. The number of rotatable bonds is 2. The molecule has 0 aliphatic heterocycles. The summed E-state index contributed by atoms with van der Waals surface area (Å²) in [4.78, 5) is 3.65. The van der Waals surface area contributed by atoms with Gasteiger partial charge in [-0.2, -0.15) is 8.42 Å². The third kappa shape index (κ3) is 3.04. The van der Waals surface area contributed by atoms with Gasteiger partial charge in [0.25, 0.3) is 10.2 Å². The molecule has 1 heterocycles. The van der Waals surface area contributed by atoms with E-state index in [9.17, 15) is 8.42 Å². The van der Waals surface area contributed by atoms with Crippen LogP contribution in [0, 0.1) is 0 Å². The van der Waals surface area contributed by atoms with Crippen molar-refractivity contribution in [1.29, 1.82) is 0 Å². The molecule has 0 unspecified atom stereocenters. The van der Waals surface area contributed by atoms with Crippen molar-refractivity contribution in [3.05, 3.63) is 23.5 Å². The van der Waals surface area contributed by atoms with Crippen LogP contribution in [0.4, 0.5) is 5.69 Å². The number of halogens is 1. The van der Waals surface area contributed by atoms with Gasteiger partial charge >= 0.3 is 0 Å². The first-order valence-corrected chi connectivity index (χ1v) is 4.82. The monoisotopic (exact) mass is 207 g/mol. The van der Waals surface area contributed by atoms with Gasteiger partial charge in [-0.1, -0.05) is 11.6 Å². The molecule has 0 amide bonds. The fraction of sp³-hybridized carbons (Fsp3) is 0. The highest BCUT2D eigenvalue weighted by Gasteiger charge is 2.01. The summed E-state index contributed by atoms with van der Waals surface area (Å²) in [7, 11) is -3.72. The number of aromatic nitrogens is 1. The molecule has 0 spiro atoms. The van der Waals surface area contributed by atoms with Crippen molar-refractivity contribution in [2.75, 3.05) is 4.72 Å². The van der Waals surface area contributed by atoms with Gasteiger partial charge in [0, 0.05) is 0 Å². The summed E-state index contributed by atoms with van der Waals surface area (Å²) < 4.78 is 23.0. The maximum absolute atomic E-state index is 10.5. The Labute approximate surface area is 74.7 Å². The number of nitrogens with one attached hydrogen (secondary N) is 1. The highest BCUT2D eigenvalue weighted by atomic mass is 35.5. The summed E-state index contributed by atoms with van der Waals surface area (Å²) >= 11 is 5.46. The van der Waals surface area contributed by atoms with Crippen LogP contribution in [0.3, 0.4) is 0 Å². The lowest BCUT2D eigenvalue weighted by molar-refractivity contribution is 0.603. The quantitative estimate of drug-likeness (QED) is 0.687. The number of anilines is 1. The number of nitrogens with zero attached hydrogens (tertiary/aromatic N) is 1. The second kappa shape index (κ2) is 3.26. The molecular formula is C5H6ClN3O2S. The lowest BCUT2D eigenvalue weighted by Gasteiger charge is -2.01. The van der Waals surface area contributed by atoms with E-state index >= 15 is 0 Å². The number of nitrogens with two attached hydrogens (primary N) is 1. The van der Waals surface area contributed by atoms with Crippen LogP contribution in [-0.2, 0) is 10.2 Å². The number of pyridine rings is 1. The van der Waals surface area contributed by atoms with Crippen LogP contribution in [-0.4, -0.2) is 13.4 Å². The molecule has 7 heteroatoms. The standard InChI is InChI=1S/C5H6ClN3O2S/c6-5-2-1-4(3-8-5)9-12(7,10)11/h1-3,9H,(H2,7,10,11). The van der Waals surface area contributed by atoms with Crippen molar-refractivity contribution in [3.63, 3.8) is 0 Å². The third-order valence-corrected chi connectivity index (χ3v) is 1.73. The Morgan fingerprint density at radius 3 is 2.58 bits per heavy atom. The highest BCUT2D eigenvalue weighted by molar-refractivity contribution is 7.90. The first kappa shape index (κ1) is 9.24. The zero-order valence-electron chi connectivity index (χ0n) is 5.86. The Kier molecular flexibility index (Phi) is 2.51. The molecule has 0 fully saturated rings. The lowest BCUT2D eigenvalue weighted by Crippen LogP contribution is -2.21. The average Bonchev–Trinajstić information content (AvgIpc) is 1.91. The first-order chi connectivity index (χ1) is 5.47. The topological polar surface area (TPSA) is 85.1 Å². The molecule has 0 saturated heterocycles. The normalized spacial score (nSPS) is 11.2. The number of hydrogen-bond donors (Lipinski definition) is 2. The second-order valence-electron chi connectivity index (χ2n) is 2.02. The Morgan fingerprint density at radius 1 is 1.50 bits per heavy atom. The lowest BCUT2D eigenvalue weighted by atomic mass is 10.4. The van der Waals surface area contributed by atoms with Gasteiger partial charge < -0.3 is 0 Å². The maximum Gasteiger partial charge on any atom is 0.296 e. The molecule has 0 saturated carbocycles. The van der Waals surface area contributed by atoms with Crippen molar-refractivity contribution in [2.24, 2.45) is 5.14 Å². The van der Waals surface area contributed by atoms with Crippen molar-refractivity contribution >= 4 is 27.5 Å². The summed E-state index contributed by atoms with van der Waals surface area (Å²) in [5.74, 6) is 0. The molecule has 5 nitrogen and oxygen atoms in total. The van der Waals surface area contributed by atoms with E-state index in [2.05, 4.69) is 4.98 Å². The predicted octanol–water partition coefficient (Wildman–Crippen LogP) is 0.350. The molecule has 0 aliphatic carbocycles. The SMILES string of the molecule is NS(=O)(=O)Nc1ccc(Cl)nc1. The first-order valence-electron chi connectivity index (χ1n) is 2.89. The predicted molar refractivity (Wildman–Crippen MR) is 46.0 cm³/mol. The van der Waals surface area contributed by atoms with E-state index in [0.29, 0.717) is 0 Å². The minimum Gasteiger partial charge on any atom is -0.270 e. The molecule has 0 bridgehead atoms. The van der Waals surface area contributed by atoms with E-state index in [4.69, 9.17) is 16.7 Å². The van der Waals surface area contributed by atoms with Gasteiger partial charge in [-0.25, -0.2) is 10.1 Å². The van der Waals surface area contributed by atoms with E-state index in [1.165, 1.54) is 18.3 Å². The molecule has 1 rings (SSSR count). The smallest absolute Gasteiger partial charge is 0.270 e. The molecule has 0 radical (unpaired) electrons. The fourth-order valence-corrected chi connectivity index (χ4v) is 1.16. The Morgan fingerprint density at radius 2 is 2.17 bits per heavy atom. The largest absolute Gasteiger partial charge is 0.296 e. The molecule has 0 aromatic carbocycles. The molecule has 0 atom stereocenters. The van der Waals surface area contributed by atoms with Gasteiger partial charge in [-0.05, 0) is 12.1 Å². The van der Waals surface area contributed by atoms with E-state index in [-0.39, 0.29) is 10.8 Å². The van der Waals surface area contributed by atoms with E-state index in [0.717, 1.165) is 0 Å². The summed E-state index contributed by atoms with van der Waals surface area (Å²) in [5.41, 5.74) is 0.280. The van der Waals surface area contributed by atoms with Crippen LogP contribution in [0.15, 0.2) is 18.3 Å². The van der Waals surface area contributed by atoms with Gasteiger partial charge in [0.1, 0.15) is 5.15 Å². The Hall–Kier alpha value is -0.850. The Balaban J connectivity index is 2.85. The molecule has 3 N–H and O–H groups in total. The summed E-state index contributed by atoms with van der Waals surface area (Å²) in [6, 6.07) is 2.91. The summed E-state index contributed by atoms with van der Waals surface area (Å²) in [6.45, 7) is 0. The second-order valence-corrected chi connectivity index (χ2v) is 3.70. The van der Waals surface area contributed by atoms with E-state index in [1.54, 1.807) is 0 Å². The van der Waals surface area contributed by atoms with Crippen LogP contribution >= 0.6 is 11.6 Å². The highest BCUT2D eigenvalue weighted by Crippen LogP contribution is 2.09. The zero-order chi connectivity index (χ0) is 9.19. The minimum atomic E-state index is -3.72. The van der Waals surface area contributed by atoms with Crippen LogP contribution in [0.25, 0.3) is 0 Å². The summed E-state index contributed by atoms with van der Waals surface area (Å²) in [5, 5.41) is 4.99. The molecular weight excluding hydrogens is 202 g/mol. The van der Waals surface area contributed by atoms with Gasteiger partial charge in [-0.3, -0.25) is 4.72 Å². The van der Waals surface area contributed by atoms with E-state index < -0.39 is 10.2 Å². The molecule has 0 aliphatic rings. The van der Waals surface area contributed by atoms with Gasteiger partial charge in [0.15, 0.2) is 0 Å².